The van der Waals surface area contributed by atoms with E-state index in [9.17, 15) is 9.59 Å². The quantitative estimate of drug-likeness (QED) is 0.890. The van der Waals surface area contributed by atoms with Gasteiger partial charge in [-0.3, -0.25) is 9.59 Å². The molecule has 0 atom stereocenters. The summed E-state index contributed by atoms with van der Waals surface area (Å²) in [5.74, 6) is -0.316. The van der Waals surface area contributed by atoms with Gasteiger partial charge in [0.25, 0.3) is 5.56 Å². The summed E-state index contributed by atoms with van der Waals surface area (Å²) in [7, 11) is 1.69. The first-order valence-electron chi connectivity index (χ1n) is 5.89. The van der Waals surface area contributed by atoms with Crippen molar-refractivity contribution in [2.75, 3.05) is 17.7 Å². The van der Waals surface area contributed by atoms with Crippen LogP contribution in [0.15, 0.2) is 45.8 Å². The Morgan fingerprint density at radius 1 is 1.40 bits per heavy atom. The van der Waals surface area contributed by atoms with Crippen LogP contribution in [0.25, 0.3) is 0 Å². The number of halogens is 1. The molecule has 1 amide bonds. The molecule has 104 valence electrons. The fourth-order valence-electron chi connectivity index (χ4n) is 1.58. The highest BCUT2D eigenvalue weighted by molar-refractivity contribution is 9.10. The molecule has 0 aliphatic heterocycles. The Labute approximate surface area is 123 Å². The minimum atomic E-state index is -0.334. The Bertz CT molecular complexity index is 684. The molecule has 20 heavy (non-hydrogen) atoms. The van der Waals surface area contributed by atoms with Gasteiger partial charge in [-0.05, 0) is 28.1 Å². The molecule has 6 nitrogen and oxygen atoms in total. The highest BCUT2D eigenvalue weighted by Crippen LogP contribution is 2.20. The number of hydrogen-bond donors (Lipinski definition) is 2. The summed E-state index contributed by atoms with van der Waals surface area (Å²) >= 11 is 3.34. The molecule has 0 unspecified atom stereocenters. The highest BCUT2D eigenvalue weighted by atomic mass is 79.9. The Morgan fingerprint density at radius 3 is 2.80 bits per heavy atom. The second-order valence-corrected chi connectivity index (χ2v) is 4.87. The monoisotopic (exact) mass is 336 g/mol. The van der Waals surface area contributed by atoms with Crippen LogP contribution in [0.3, 0.4) is 0 Å². The summed E-state index contributed by atoms with van der Waals surface area (Å²) in [6.45, 7) is -0.135. The smallest absolute Gasteiger partial charge is 0.269 e. The van der Waals surface area contributed by atoms with Crippen molar-refractivity contribution >= 4 is 33.2 Å². The molecule has 2 rings (SSSR count). The van der Waals surface area contributed by atoms with Crippen LogP contribution >= 0.6 is 15.9 Å². The second kappa shape index (κ2) is 6.33. The average molecular weight is 337 g/mol. The van der Waals surface area contributed by atoms with Gasteiger partial charge in [-0.25, -0.2) is 4.68 Å². The highest BCUT2D eigenvalue weighted by Gasteiger charge is 2.08. The van der Waals surface area contributed by atoms with Gasteiger partial charge in [-0.2, -0.15) is 5.10 Å². The van der Waals surface area contributed by atoms with Crippen LogP contribution in [0.5, 0.6) is 0 Å². The van der Waals surface area contributed by atoms with Crippen molar-refractivity contribution in [3.05, 3.63) is 51.4 Å². The minimum absolute atomic E-state index is 0.135. The van der Waals surface area contributed by atoms with Gasteiger partial charge in [0.15, 0.2) is 0 Å². The van der Waals surface area contributed by atoms with E-state index in [4.69, 9.17) is 0 Å². The molecular weight excluding hydrogens is 324 g/mol. The van der Waals surface area contributed by atoms with Gasteiger partial charge in [-0.15, -0.1) is 0 Å². The summed E-state index contributed by atoms with van der Waals surface area (Å²) in [4.78, 5) is 23.6. The zero-order valence-electron chi connectivity index (χ0n) is 10.8. The first-order valence-corrected chi connectivity index (χ1v) is 6.69. The van der Waals surface area contributed by atoms with Crippen LogP contribution in [0.2, 0.25) is 0 Å². The van der Waals surface area contributed by atoms with E-state index in [2.05, 4.69) is 31.7 Å². The van der Waals surface area contributed by atoms with Gasteiger partial charge in [-0.1, -0.05) is 12.1 Å². The number of nitrogens with zero attached hydrogens (tertiary/aromatic N) is 2. The molecule has 2 N–H and O–H groups in total. The van der Waals surface area contributed by atoms with E-state index in [0.717, 1.165) is 9.15 Å². The number of carbonyl (C=O) groups is 1. The van der Waals surface area contributed by atoms with Gasteiger partial charge in [0.1, 0.15) is 6.54 Å². The summed E-state index contributed by atoms with van der Waals surface area (Å²) in [5, 5.41) is 9.45. The number of nitrogens with one attached hydrogen (secondary N) is 2. The largest absolute Gasteiger partial charge is 0.387 e. The van der Waals surface area contributed by atoms with E-state index in [0.29, 0.717) is 11.4 Å². The summed E-state index contributed by atoms with van der Waals surface area (Å²) in [6, 6.07) is 8.64. The van der Waals surface area contributed by atoms with E-state index < -0.39 is 0 Å². The van der Waals surface area contributed by atoms with Crippen molar-refractivity contribution in [2.45, 2.75) is 6.54 Å². The minimum Gasteiger partial charge on any atom is -0.387 e. The number of rotatable bonds is 4. The Balaban J connectivity index is 2.09. The third kappa shape index (κ3) is 3.45. The molecule has 1 heterocycles. The van der Waals surface area contributed by atoms with Gasteiger partial charge >= 0.3 is 0 Å². The lowest BCUT2D eigenvalue weighted by Crippen LogP contribution is -2.29. The standard InChI is InChI=1S/C13H13BrN4O2/c1-15-9-6-13(20)18(16-7-9)8-12(19)17-11-5-3-2-4-10(11)14/h2-7,15H,8H2,1H3,(H,17,19). The topological polar surface area (TPSA) is 76.0 Å². The maximum atomic E-state index is 11.9. The van der Waals surface area contributed by atoms with Crippen molar-refractivity contribution < 1.29 is 4.79 Å². The van der Waals surface area contributed by atoms with Gasteiger partial charge < -0.3 is 10.6 Å². The third-order valence-corrected chi connectivity index (χ3v) is 3.29. The normalized spacial score (nSPS) is 10.1. The number of benzene rings is 1. The fourth-order valence-corrected chi connectivity index (χ4v) is 1.96. The first-order chi connectivity index (χ1) is 9.60. The molecular formula is C13H13BrN4O2. The molecule has 0 aliphatic rings. The molecule has 0 spiro atoms. The van der Waals surface area contributed by atoms with Gasteiger partial charge in [0.2, 0.25) is 5.91 Å². The molecule has 1 aromatic heterocycles. The summed E-state index contributed by atoms with van der Waals surface area (Å²) in [6.07, 6.45) is 1.49. The van der Waals surface area contributed by atoms with Crippen molar-refractivity contribution in [1.29, 1.82) is 0 Å². The second-order valence-electron chi connectivity index (χ2n) is 4.02. The molecule has 0 radical (unpaired) electrons. The van der Waals surface area contributed by atoms with E-state index >= 15 is 0 Å². The first kappa shape index (κ1) is 14.3. The predicted octanol–water partition coefficient (Wildman–Crippen LogP) is 1.69. The number of aromatic nitrogens is 2. The van der Waals surface area contributed by atoms with Crippen molar-refractivity contribution in [2.24, 2.45) is 0 Å². The molecule has 1 aromatic carbocycles. The van der Waals surface area contributed by atoms with E-state index in [-0.39, 0.29) is 18.0 Å². The van der Waals surface area contributed by atoms with Crippen molar-refractivity contribution in [3.63, 3.8) is 0 Å². The number of hydrogen-bond acceptors (Lipinski definition) is 4. The number of carbonyl (C=O) groups excluding carboxylic acids is 1. The Morgan fingerprint density at radius 2 is 2.15 bits per heavy atom. The molecule has 7 heteroatoms. The molecule has 0 saturated carbocycles. The number of anilines is 2. The van der Waals surface area contributed by atoms with Crippen LogP contribution in [0, 0.1) is 0 Å². The van der Waals surface area contributed by atoms with Crippen LogP contribution in [0.4, 0.5) is 11.4 Å². The summed E-state index contributed by atoms with van der Waals surface area (Å²) < 4.78 is 1.88. The van der Waals surface area contributed by atoms with Crippen LogP contribution < -0.4 is 16.2 Å². The lowest BCUT2D eigenvalue weighted by atomic mass is 10.3. The van der Waals surface area contributed by atoms with E-state index in [1.54, 1.807) is 13.1 Å². The molecule has 0 fully saturated rings. The van der Waals surface area contributed by atoms with E-state index in [1.165, 1.54) is 12.3 Å². The van der Waals surface area contributed by atoms with Crippen LogP contribution in [-0.4, -0.2) is 22.7 Å². The maximum absolute atomic E-state index is 11.9. The Kier molecular flexibility index (Phi) is 4.52. The molecule has 0 bridgehead atoms. The van der Waals surface area contributed by atoms with Crippen LogP contribution in [0.1, 0.15) is 0 Å². The zero-order chi connectivity index (χ0) is 14.5. The lowest BCUT2D eigenvalue weighted by Gasteiger charge is -2.08. The number of amides is 1. The fraction of sp³-hybridized carbons (Fsp3) is 0.154. The molecule has 0 aliphatic carbocycles. The molecule has 2 aromatic rings. The lowest BCUT2D eigenvalue weighted by molar-refractivity contribution is -0.117. The van der Waals surface area contributed by atoms with Crippen molar-refractivity contribution in [3.8, 4) is 0 Å². The predicted molar refractivity (Wildman–Crippen MR) is 80.8 cm³/mol. The zero-order valence-corrected chi connectivity index (χ0v) is 12.3. The van der Waals surface area contributed by atoms with Crippen molar-refractivity contribution in [1.82, 2.24) is 9.78 Å². The average Bonchev–Trinajstić information content (AvgIpc) is 2.43. The third-order valence-electron chi connectivity index (χ3n) is 2.60. The maximum Gasteiger partial charge on any atom is 0.269 e. The SMILES string of the molecule is CNc1cnn(CC(=O)Nc2ccccc2Br)c(=O)c1. The Hall–Kier alpha value is -2.15. The number of para-hydroxylation sites is 1. The van der Waals surface area contributed by atoms with E-state index in [1.807, 2.05) is 18.2 Å². The summed E-state index contributed by atoms with van der Waals surface area (Å²) in [5.41, 5.74) is 0.925. The van der Waals surface area contributed by atoms with Gasteiger partial charge in [0.05, 0.1) is 17.6 Å². The van der Waals surface area contributed by atoms with Crippen LogP contribution in [-0.2, 0) is 11.3 Å². The molecule has 0 saturated heterocycles. The van der Waals surface area contributed by atoms with Gasteiger partial charge in [0, 0.05) is 17.6 Å².